The van der Waals surface area contributed by atoms with Crippen molar-refractivity contribution in [1.29, 1.82) is 0 Å². The lowest BCUT2D eigenvalue weighted by Gasteiger charge is -2.16. The molecule has 0 spiro atoms. The SMILES string of the molecule is CCOc1ccccc1C(=O)NC(C)c1ccc(OCC(=O)O)cc1. The number of rotatable bonds is 8. The van der Waals surface area contributed by atoms with Gasteiger partial charge in [0.05, 0.1) is 18.2 Å². The van der Waals surface area contributed by atoms with Crippen LogP contribution in [0.1, 0.15) is 35.8 Å². The average Bonchev–Trinajstić information content (AvgIpc) is 2.61. The molecule has 0 aliphatic heterocycles. The lowest BCUT2D eigenvalue weighted by Crippen LogP contribution is -2.27. The summed E-state index contributed by atoms with van der Waals surface area (Å²) in [5, 5.41) is 11.5. The molecule has 1 atom stereocenters. The number of carboxylic acid groups (broad SMARTS) is 1. The lowest BCUT2D eigenvalue weighted by molar-refractivity contribution is -0.139. The molecule has 2 N–H and O–H groups in total. The Morgan fingerprint density at radius 3 is 2.40 bits per heavy atom. The fourth-order valence-corrected chi connectivity index (χ4v) is 2.29. The predicted molar refractivity (Wildman–Crippen MR) is 93.1 cm³/mol. The molecule has 0 aliphatic rings. The molecule has 2 rings (SSSR count). The summed E-state index contributed by atoms with van der Waals surface area (Å²) in [5.74, 6) is -0.237. The fraction of sp³-hybridized carbons (Fsp3) is 0.263. The van der Waals surface area contributed by atoms with E-state index in [4.69, 9.17) is 14.6 Å². The zero-order valence-electron chi connectivity index (χ0n) is 14.2. The molecule has 1 amide bonds. The van der Waals surface area contributed by atoms with Gasteiger partial charge in [0, 0.05) is 0 Å². The molecule has 0 fully saturated rings. The molecule has 0 heterocycles. The van der Waals surface area contributed by atoms with Crippen molar-refractivity contribution in [3.63, 3.8) is 0 Å². The number of carboxylic acids is 1. The standard InChI is InChI=1S/C19H21NO5/c1-3-24-17-7-5-4-6-16(17)19(23)20-13(2)14-8-10-15(11-9-14)25-12-18(21)22/h4-11,13H,3,12H2,1-2H3,(H,20,23)(H,21,22). The number of benzene rings is 2. The first kappa shape index (κ1) is 18.3. The molecular formula is C19H21NO5. The Morgan fingerprint density at radius 2 is 1.76 bits per heavy atom. The molecule has 132 valence electrons. The van der Waals surface area contributed by atoms with Gasteiger partial charge in [-0.05, 0) is 43.7 Å². The minimum Gasteiger partial charge on any atom is -0.493 e. The predicted octanol–water partition coefficient (Wildman–Crippen LogP) is 3.04. The van der Waals surface area contributed by atoms with Crippen molar-refractivity contribution in [1.82, 2.24) is 5.32 Å². The Kier molecular flexibility index (Phi) is 6.39. The van der Waals surface area contributed by atoms with Gasteiger partial charge >= 0.3 is 5.97 Å². The molecule has 0 bridgehead atoms. The van der Waals surface area contributed by atoms with Crippen LogP contribution >= 0.6 is 0 Å². The largest absolute Gasteiger partial charge is 0.493 e. The molecule has 0 saturated heterocycles. The molecule has 2 aromatic rings. The van der Waals surface area contributed by atoms with Gasteiger partial charge < -0.3 is 19.9 Å². The third-order valence-corrected chi connectivity index (χ3v) is 3.52. The average molecular weight is 343 g/mol. The Hall–Kier alpha value is -3.02. The van der Waals surface area contributed by atoms with Crippen LogP contribution in [0, 0.1) is 0 Å². The van der Waals surface area contributed by atoms with Crippen LogP contribution in [-0.4, -0.2) is 30.2 Å². The summed E-state index contributed by atoms with van der Waals surface area (Å²) in [6, 6.07) is 13.8. The number of para-hydroxylation sites is 1. The maximum Gasteiger partial charge on any atom is 0.341 e. The van der Waals surface area contributed by atoms with E-state index in [-0.39, 0.29) is 18.6 Å². The number of hydrogen-bond acceptors (Lipinski definition) is 4. The Balaban J connectivity index is 2.02. The molecule has 2 aromatic carbocycles. The normalized spacial score (nSPS) is 11.4. The number of amides is 1. The molecule has 0 saturated carbocycles. The second kappa shape index (κ2) is 8.73. The molecule has 0 radical (unpaired) electrons. The number of carbonyl (C=O) groups is 2. The highest BCUT2D eigenvalue weighted by Gasteiger charge is 2.15. The van der Waals surface area contributed by atoms with E-state index >= 15 is 0 Å². The number of aliphatic carboxylic acids is 1. The van der Waals surface area contributed by atoms with Crippen LogP contribution in [0.5, 0.6) is 11.5 Å². The van der Waals surface area contributed by atoms with Crippen LogP contribution in [0.15, 0.2) is 48.5 Å². The van der Waals surface area contributed by atoms with Gasteiger partial charge in [0.25, 0.3) is 5.91 Å². The van der Waals surface area contributed by atoms with E-state index in [1.54, 1.807) is 42.5 Å². The zero-order chi connectivity index (χ0) is 18.2. The van der Waals surface area contributed by atoms with Crippen molar-refractivity contribution < 1.29 is 24.2 Å². The van der Waals surface area contributed by atoms with E-state index in [0.717, 1.165) is 5.56 Å². The molecular weight excluding hydrogens is 322 g/mol. The van der Waals surface area contributed by atoms with Crippen LogP contribution in [0.2, 0.25) is 0 Å². The molecule has 6 heteroatoms. The van der Waals surface area contributed by atoms with Gasteiger partial charge in [-0.2, -0.15) is 0 Å². The maximum absolute atomic E-state index is 12.5. The van der Waals surface area contributed by atoms with Crippen molar-refractivity contribution in [2.75, 3.05) is 13.2 Å². The van der Waals surface area contributed by atoms with E-state index in [1.165, 1.54) is 0 Å². The minimum absolute atomic E-state index is 0.220. The lowest BCUT2D eigenvalue weighted by atomic mass is 10.1. The van der Waals surface area contributed by atoms with Gasteiger partial charge in [0.1, 0.15) is 11.5 Å². The third kappa shape index (κ3) is 5.24. The van der Waals surface area contributed by atoms with E-state index in [1.807, 2.05) is 19.9 Å². The van der Waals surface area contributed by atoms with Crippen molar-refractivity contribution in [3.05, 3.63) is 59.7 Å². The first-order valence-corrected chi connectivity index (χ1v) is 7.98. The summed E-state index contributed by atoms with van der Waals surface area (Å²) in [7, 11) is 0. The van der Waals surface area contributed by atoms with Gasteiger partial charge in [0.15, 0.2) is 6.61 Å². The summed E-state index contributed by atoms with van der Waals surface area (Å²) in [6.07, 6.45) is 0. The first-order valence-electron chi connectivity index (χ1n) is 7.98. The van der Waals surface area contributed by atoms with Gasteiger partial charge in [0.2, 0.25) is 0 Å². The smallest absolute Gasteiger partial charge is 0.341 e. The Bertz CT molecular complexity index is 727. The van der Waals surface area contributed by atoms with Gasteiger partial charge in [-0.3, -0.25) is 4.79 Å². The van der Waals surface area contributed by atoms with Crippen molar-refractivity contribution >= 4 is 11.9 Å². The quantitative estimate of drug-likeness (QED) is 0.769. The van der Waals surface area contributed by atoms with E-state index in [9.17, 15) is 9.59 Å². The van der Waals surface area contributed by atoms with Crippen LogP contribution in [0.3, 0.4) is 0 Å². The molecule has 0 aromatic heterocycles. The highest BCUT2D eigenvalue weighted by molar-refractivity contribution is 5.97. The summed E-state index contributed by atoms with van der Waals surface area (Å²) in [6.45, 7) is 3.83. The van der Waals surface area contributed by atoms with Crippen molar-refractivity contribution in [3.8, 4) is 11.5 Å². The number of nitrogens with one attached hydrogen (secondary N) is 1. The van der Waals surface area contributed by atoms with Gasteiger partial charge in [-0.15, -0.1) is 0 Å². The zero-order valence-corrected chi connectivity index (χ0v) is 14.2. The van der Waals surface area contributed by atoms with E-state index in [2.05, 4.69) is 5.32 Å². The van der Waals surface area contributed by atoms with E-state index < -0.39 is 5.97 Å². The summed E-state index contributed by atoms with van der Waals surface area (Å²) in [4.78, 5) is 23.0. The number of ether oxygens (including phenoxy) is 2. The monoisotopic (exact) mass is 343 g/mol. The van der Waals surface area contributed by atoms with Crippen molar-refractivity contribution in [2.24, 2.45) is 0 Å². The van der Waals surface area contributed by atoms with Crippen molar-refractivity contribution in [2.45, 2.75) is 19.9 Å². The van der Waals surface area contributed by atoms with E-state index in [0.29, 0.717) is 23.7 Å². The highest BCUT2D eigenvalue weighted by atomic mass is 16.5. The van der Waals surface area contributed by atoms with Gasteiger partial charge in [-0.25, -0.2) is 4.79 Å². The molecule has 25 heavy (non-hydrogen) atoms. The van der Waals surface area contributed by atoms with Crippen LogP contribution in [-0.2, 0) is 4.79 Å². The fourth-order valence-electron chi connectivity index (χ4n) is 2.29. The highest BCUT2D eigenvalue weighted by Crippen LogP contribution is 2.21. The molecule has 6 nitrogen and oxygen atoms in total. The molecule has 0 aliphatic carbocycles. The second-order valence-corrected chi connectivity index (χ2v) is 5.38. The maximum atomic E-state index is 12.5. The Labute approximate surface area is 146 Å². The minimum atomic E-state index is -1.03. The van der Waals surface area contributed by atoms with Crippen LogP contribution in [0.4, 0.5) is 0 Å². The summed E-state index contributed by atoms with van der Waals surface area (Å²) in [5.41, 5.74) is 1.36. The number of carbonyl (C=O) groups excluding carboxylic acids is 1. The second-order valence-electron chi connectivity index (χ2n) is 5.38. The molecule has 1 unspecified atom stereocenters. The van der Waals surface area contributed by atoms with Crippen LogP contribution in [0.25, 0.3) is 0 Å². The van der Waals surface area contributed by atoms with Gasteiger partial charge in [-0.1, -0.05) is 24.3 Å². The first-order chi connectivity index (χ1) is 12.0. The summed E-state index contributed by atoms with van der Waals surface area (Å²) < 4.78 is 10.6. The summed E-state index contributed by atoms with van der Waals surface area (Å²) >= 11 is 0. The topological polar surface area (TPSA) is 84.9 Å². The van der Waals surface area contributed by atoms with Crippen LogP contribution < -0.4 is 14.8 Å². The number of hydrogen-bond donors (Lipinski definition) is 2. The third-order valence-electron chi connectivity index (χ3n) is 3.52. The Morgan fingerprint density at radius 1 is 1.08 bits per heavy atom.